The maximum absolute atomic E-state index is 6.17. The van der Waals surface area contributed by atoms with E-state index in [0.717, 1.165) is 17.7 Å². The van der Waals surface area contributed by atoms with Crippen molar-refractivity contribution in [3.05, 3.63) is 56.5 Å². The van der Waals surface area contributed by atoms with E-state index in [4.69, 9.17) is 34.8 Å². The highest BCUT2D eigenvalue weighted by Crippen LogP contribution is 2.26. The molecule has 5 heteroatoms. The van der Waals surface area contributed by atoms with Gasteiger partial charge in [-0.1, -0.05) is 54.7 Å². The van der Waals surface area contributed by atoms with Gasteiger partial charge in [-0.05, 0) is 36.1 Å². The highest BCUT2D eigenvalue weighted by molar-refractivity contribution is 6.36. The van der Waals surface area contributed by atoms with E-state index in [9.17, 15) is 0 Å². The second-order valence-corrected chi connectivity index (χ2v) is 6.27. The van der Waals surface area contributed by atoms with E-state index in [1.165, 1.54) is 0 Å². The molecule has 0 aliphatic carbocycles. The average molecular weight is 330 g/mol. The lowest BCUT2D eigenvalue weighted by atomic mass is 10.1. The first-order valence-corrected chi connectivity index (χ1v) is 7.54. The fourth-order valence-corrected chi connectivity index (χ4v) is 2.73. The molecule has 0 aliphatic rings. The summed E-state index contributed by atoms with van der Waals surface area (Å²) < 4.78 is 0. The topological polar surface area (TPSA) is 25.8 Å². The zero-order chi connectivity index (χ0) is 14.7. The van der Waals surface area contributed by atoms with Crippen molar-refractivity contribution >= 4 is 34.8 Å². The van der Waals surface area contributed by atoms with Crippen LogP contribution >= 0.6 is 34.8 Å². The molecule has 20 heavy (non-hydrogen) atoms. The van der Waals surface area contributed by atoms with Crippen LogP contribution in [0, 0.1) is 5.92 Å². The first kappa shape index (κ1) is 15.6. The smallest absolute Gasteiger partial charge is 0.134 e. The molecule has 0 atom stereocenters. The predicted molar refractivity (Wildman–Crippen MR) is 84.9 cm³/mol. The van der Waals surface area contributed by atoms with Crippen molar-refractivity contribution < 1.29 is 0 Å². The van der Waals surface area contributed by atoms with Crippen molar-refractivity contribution in [3.8, 4) is 0 Å². The van der Waals surface area contributed by atoms with Gasteiger partial charge in [-0.3, -0.25) is 0 Å². The van der Waals surface area contributed by atoms with Gasteiger partial charge in [-0.25, -0.2) is 9.97 Å². The Balaban J connectivity index is 2.31. The van der Waals surface area contributed by atoms with Crippen molar-refractivity contribution in [1.82, 2.24) is 9.97 Å². The van der Waals surface area contributed by atoms with Crippen molar-refractivity contribution in [3.63, 3.8) is 0 Å². The Morgan fingerprint density at radius 2 is 1.70 bits per heavy atom. The van der Waals surface area contributed by atoms with Gasteiger partial charge in [-0.15, -0.1) is 0 Å². The molecule has 0 bridgehead atoms. The van der Waals surface area contributed by atoms with Crippen LogP contribution in [0.3, 0.4) is 0 Å². The summed E-state index contributed by atoms with van der Waals surface area (Å²) >= 11 is 18.4. The lowest BCUT2D eigenvalue weighted by molar-refractivity contribution is 0.631. The van der Waals surface area contributed by atoms with Gasteiger partial charge in [-0.2, -0.15) is 0 Å². The molecule has 0 amide bonds. The van der Waals surface area contributed by atoms with Gasteiger partial charge in [0.15, 0.2) is 0 Å². The SMILES string of the molecule is CC(C)Cc1cc(Cl)nc(Cc2c(Cl)cccc2Cl)n1. The minimum absolute atomic E-state index is 0.453. The van der Waals surface area contributed by atoms with Crippen LogP contribution < -0.4 is 0 Å². The Bertz CT molecular complexity index is 592. The van der Waals surface area contributed by atoms with E-state index in [1.54, 1.807) is 6.07 Å². The van der Waals surface area contributed by atoms with Crippen LogP contribution in [0.25, 0.3) is 0 Å². The Hall–Kier alpha value is -0.830. The molecule has 0 N–H and O–H groups in total. The van der Waals surface area contributed by atoms with Gasteiger partial charge in [0.2, 0.25) is 0 Å². The largest absolute Gasteiger partial charge is 0.237 e. The molecule has 2 aromatic rings. The van der Waals surface area contributed by atoms with Crippen LogP contribution in [0.2, 0.25) is 15.2 Å². The molecule has 0 radical (unpaired) electrons. The number of halogens is 3. The molecule has 106 valence electrons. The molecule has 0 aliphatic heterocycles. The fraction of sp³-hybridized carbons (Fsp3) is 0.333. The van der Waals surface area contributed by atoms with Crippen LogP contribution in [-0.2, 0) is 12.8 Å². The lowest BCUT2D eigenvalue weighted by Gasteiger charge is -2.09. The summed E-state index contributed by atoms with van der Waals surface area (Å²) in [6, 6.07) is 7.24. The van der Waals surface area contributed by atoms with E-state index in [0.29, 0.717) is 33.4 Å². The van der Waals surface area contributed by atoms with Gasteiger partial charge in [0.1, 0.15) is 11.0 Å². The zero-order valence-corrected chi connectivity index (χ0v) is 13.6. The van der Waals surface area contributed by atoms with E-state index >= 15 is 0 Å². The van der Waals surface area contributed by atoms with Crippen molar-refractivity contribution in [2.45, 2.75) is 26.7 Å². The second-order valence-electron chi connectivity index (χ2n) is 5.07. The quantitative estimate of drug-likeness (QED) is 0.718. The van der Waals surface area contributed by atoms with Crippen molar-refractivity contribution in [2.24, 2.45) is 5.92 Å². The van der Waals surface area contributed by atoms with Crippen LogP contribution in [0.1, 0.15) is 30.9 Å². The van der Waals surface area contributed by atoms with Crippen LogP contribution in [0.15, 0.2) is 24.3 Å². The normalized spacial score (nSPS) is 11.1. The second kappa shape index (κ2) is 6.75. The Morgan fingerprint density at radius 1 is 1.05 bits per heavy atom. The fourth-order valence-electron chi connectivity index (χ4n) is 1.98. The lowest BCUT2D eigenvalue weighted by Crippen LogP contribution is -2.04. The molecule has 0 spiro atoms. The van der Waals surface area contributed by atoms with Gasteiger partial charge in [0.25, 0.3) is 0 Å². The third-order valence-electron chi connectivity index (χ3n) is 2.81. The van der Waals surface area contributed by atoms with Gasteiger partial charge in [0.05, 0.1) is 0 Å². The Kier molecular flexibility index (Phi) is 5.25. The molecule has 1 heterocycles. The molecule has 1 aromatic heterocycles. The zero-order valence-electron chi connectivity index (χ0n) is 11.3. The highest BCUT2D eigenvalue weighted by Gasteiger charge is 2.11. The van der Waals surface area contributed by atoms with Crippen LogP contribution in [-0.4, -0.2) is 9.97 Å². The summed E-state index contributed by atoms with van der Waals surface area (Å²) in [5.41, 5.74) is 1.77. The van der Waals surface area contributed by atoms with E-state index in [2.05, 4.69) is 23.8 Å². The number of rotatable bonds is 4. The summed E-state index contributed by atoms with van der Waals surface area (Å²) in [6.45, 7) is 4.28. The van der Waals surface area contributed by atoms with Crippen LogP contribution in [0.4, 0.5) is 0 Å². The molecule has 0 unspecified atom stereocenters. The highest BCUT2D eigenvalue weighted by atomic mass is 35.5. The third kappa shape index (κ3) is 4.08. The summed E-state index contributed by atoms with van der Waals surface area (Å²) in [6.07, 6.45) is 1.34. The summed E-state index contributed by atoms with van der Waals surface area (Å²) in [4.78, 5) is 8.79. The minimum Gasteiger partial charge on any atom is -0.237 e. The maximum atomic E-state index is 6.17. The molecule has 1 aromatic carbocycles. The summed E-state index contributed by atoms with van der Waals surface area (Å²) in [7, 11) is 0. The number of nitrogens with zero attached hydrogens (tertiary/aromatic N) is 2. The number of hydrogen-bond acceptors (Lipinski definition) is 2. The first-order chi connectivity index (χ1) is 9.45. The number of hydrogen-bond donors (Lipinski definition) is 0. The molecule has 0 fully saturated rings. The third-order valence-corrected chi connectivity index (χ3v) is 3.71. The average Bonchev–Trinajstić information content (AvgIpc) is 2.32. The maximum Gasteiger partial charge on any atom is 0.134 e. The van der Waals surface area contributed by atoms with Gasteiger partial charge in [0, 0.05) is 22.2 Å². The van der Waals surface area contributed by atoms with Crippen molar-refractivity contribution in [2.75, 3.05) is 0 Å². The van der Waals surface area contributed by atoms with E-state index in [1.807, 2.05) is 18.2 Å². The number of aromatic nitrogens is 2. The minimum atomic E-state index is 0.453. The molecule has 0 saturated carbocycles. The molecular weight excluding hydrogens is 315 g/mol. The summed E-state index contributed by atoms with van der Waals surface area (Å²) in [5.74, 6) is 1.15. The van der Waals surface area contributed by atoms with Crippen molar-refractivity contribution in [1.29, 1.82) is 0 Å². The Morgan fingerprint density at radius 3 is 2.30 bits per heavy atom. The molecular formula is C15H15Cl3N2. The number of benzene rings is 1. The summed E-state index contributed by atoms with van der Waals surface area (Å²) in [5, 5.41) is 1.69. The molecule has 2 rings (SSSR count). The van der Waals surface area contributed by atoms with Gasteiger partial charge >= 0.3 is 0 Å². The Labute approximate surface area is 134 Å². The van der Waals surface area contributed by atoms with Gasteiger partial charge < -0.3 is 0 Å². The van der Waals surface area contributed by atoms with E-state index < -0.39 is 0 Å². The predicted octanol–water partition coefficient (Wildman–Crippen LogP) is 5.23. The first-order valence-electron chi connectivity index (χ1n) is 6.41. The standard InChI is InChI=1S/C15H15Cl3N2/c1-9(2)6-10-7-14(18)20-15(19-10)8-11-12(16)4-3-5-13(11)17/h3-5,7,9H,6,8H2,1-2H3. The van der Waals surface area contributed by atoms with E-state index in [-0.39, 0.29) is 0 Å². The monoisotopic (exact) mass is 328 g/mol. The molecule has 2 nitrogen and oxygen atoms in total. The van der Waals surface area contributed by atoms with Crippen LogP contribution in [0.5, 0.6) is 0 Å². The molecule has 0 saturated heterocycles.